The van der Waals surface area contributed by atoms with Gasteiger partial charge in [0.2, 0.25) is 5.91 Å². The largest absolute Gasteiger partial charge is 0.332 e. The molecule has 0 saturated heterocycles. The van der Waals surface area contributed by atoms with E-state index in [-0.39, 0.29) is 11.3 Å². The fourth-order valence-electron chi connectivity index (χ4n) is 5.55. The summed E-state index contributed by atoms with van der Waals surface area (Å²) in [5, 5.41) is 6.59. The monoisotopic (exact) mass is 406 g/mol. The molecule has 0 aliphatic heterocycles. The van der Waals surface area contributed by atoms with Crippen molar-refractivity contribution in [2.45, 2.75) is 45.4 Å². The van der Waals surface area contributed by atoms with Crippen LogP contribution in [-0.2, 0) is 4.79 Å². The van der Waals surface area contributed by atoms with Gasteiger partial charge in [-0.1, -0.05) is 15.9 Å². The molecule has 4 aliphatic carbocycles. The molecule has 5 heteroatoms. The molecule has 2 N–H and O–H groups in total. The van der Waals surface area contributed by atoms with E-state index in [1.54, 1.807) is 0 Å². The summed E-state index contributed by atoms with van der Waals surface area (Å²) in [6.45, 7) is 2.02. The molecule has 0 unspecified atom stereocenters. The number of carbonyl (C=O) groups excluding carboxylic acids is 1. The normalized spacial score (nSPS) is 33.3. The van der Waals surface area contributed by atoms with Gasteiger partial charge in [0.15, 0.2) is 5.11 Å². The third kappa shape index (κ3) is 3.01. The van der Waals surface area contributed by atoms with E-state index in [2.05, 4.69) is 26.6 Å². The molecule has 0 atom stereocenters. The van der Waals surface area contributed by atoms with Crippen molar-refractivity contribution in [3.05, 3.63) is 28.2 Å². The Morgan fingerprint density at radius 1 is 1.17 bits per heavy atom. The lowest BCUT2D eigenvalue weighted by Gasteiger charge is -2.55. The van der Waals surface area contributed by atoms with E-state index < -0.39 is 0 Å². The van der Waals surface area contributed by atoms with Gasteiger partial charge in [-0.2, -0.15) is 0 Å². The first kappa shape index (κ1) is 16.5. The molecule has 0 aromatic heterocycles. The predicted molar refractivity (Wildman–Crippen MR) is 104 cm³/mol. The summed E-state index contributed by atoms with van der Waals surface area (Å²) in [6, 6.07) is 5.98. The summed E-state index contributed by atoms with van der Waals surface area (Å²) in [7, 11) is 0. The molecular weight excluding hydrogens is 384 g/mol. The summed E-state index contributed by atoms with van der Waals surface area (Å²) in [6.07, 6.45) is 7.20. The molecule has 4 saturated carbocycles. The quantitative estimate of drug-likeness (QED) is 0.693. The number of carbonyl (C=O) groups is 1. The van der Waals surface area contributed by atoms with Crippen LogP contribution < -0.4 is 10.6 Å². The zero-order valence-corrected chi connectivity index (χ0v) is 16.3. The minimum Gasteiger partial charge on any atom is -0.332 e. The fraction of sp³-hybridized carbons (Fsp3) is 0.579. The van der Waals surface area contributed by atoms with Gasteiger partial charge in [0.25, 0.3) is 0 Å². The van der Waals surface area contributed by atoms with Crippen molar-refractivity contribution >= 4 is 44.9 Å². The number of nitrogens with one attached hydrogen (secondary N) is 2. The third-order valence-corrected chi connectivity index (χ3v) is 6.88. The topological polar surface area (TPSA) is 41.1 Å². The maximum atomic E-state index is 13.0. The van der Waals surface area contributed by atoms with E-state index in [4.69, 9.17) is 12.2 Å². The van der Waals surface area contributed by atoms with Crippen LogP contribution in [-0.4, -0.2) is 11.0 Å². The van der Waals surface area contributed by atoms with Gasteiger partial charge in [-0.15, -0.1) is 0 Å². The number of hydrogen-bond donors (Lipinski definition) is 2. The first-order valence-electron chi connectivity index (χ1n) is 8.82. The maximum absolute atomic E-state index is 13.0. The van der Waals surface area contributed by atoms with Crippen LogP contribution in [0, 0.1) is 30.1 Å². The molecule has 0 radical (unpaired) electrons. The Morgan fingerprint density at radius 2 is 1.75 bits per heavy atom. The van der Waals surface area contributed by atoms with Gasteiger partial charge in [0.1, 0.15) is 0 Å². The molecule has 1 aromatic carbocycles. The van der Waals surface area contributed by atoms with Crippen molar-refractivity contribution in [1.29, 1.82) is 0 Å². The van der Waals surface area contributed by atoms with Crippen molar-refractivity contribution in [2.24, 2.45) is 23.2 Å². The Labute approximate surface area is 157 Å². The molecule has 24 heavy (non-hydrogen) atoms. The lowest BCUT2D eigenvalue weighted by Crippen LogP contribution is -2.55. The summed E-state index contributed by atoms with van der Waals surface area (Å²) < 4.78 is 1.04. The Hall–Kier alpha value is -0.940. The van der Waals surface area contributed by atoms with Crippen LogP contribution in [0.2, 0.25) is 0 Å². The molecule has 5 rings (SSSR count). The lowest BCUT2D eigenvalue weighted by atomic mass is 9.49. The molecular formula is C19H23BrN2OS. The number of benzene rings is 1. The molecule has 3 nitrogen and oxygen atoms in total. The second kappa shape index (κ2) is 6.10. The second-order valence-corrected chi connectivity index (χ2v) is 9.39. The van der Waals surface area contributed by atoms with E-state index in [1.807, 2.05) is 25.1 Å². The summed E-state index contributed by atoms with van der Waals surface area (Å²) in [5.74, 6) is 2.43. The molecule has 0 heterocycles. The van der Waals surface area contributed by atoms with E-state index >= 15 is 0 Å². The van der Waals surface area contributed by atoms with E-state index in [9.17, 15) is 4.79 Å². The molecule has 1 aromatic rings. The first-order valence-corrected chi connectivity index (χ1v) is 10.0. The fourth-order valence-corrected chi connectivity index (χ4v) is 6.22. The average molecular weight is 407 g/mol. The summed E-state index contributed by atoms with van der Waals surface area (Å²) >= 11 is 8.87. The molecule has 0 spiro atoms. The number of aryl methyl sites for hydroxylation is 1. The predicted octanol–water partition coefficient (Wildman–Crippen LogP) is 4.79. The van der Waals surface area contributed by atoms with Gasteiger partial charge in [-0.3, -0.25) is 4.79 Å². The number of anilines is 1. The van der Waals surface area contributed by atoms with Crippen molar-refractivity contribution < 1.29 is 4.79 Å². The van der Waals surface area contributed by atoms with Gasteiger partial charge < -0.3 is 10.6 Å². The van der Waals surface area contributed by atoms with Crippen molar-refractivity contribution in [2.75, 3.05) is 5.32 Å². The summed E-state index contributed by atoms with van der Waals surface area (Å²) in [4.78, 5) is 13.0. The second-order valence-electron chi connectivity index (χ2n) is 8.07. The van der Waals surface area contributed by atoms with Crippen molar-refractivity contribution in [1.82, 2.24) is 5.32 Å². The standard InChI is InChI=1S/C19H23BrN2OS/c1-11-4-15(20)2-3-16(11)21-18(24)22-17(23)19-8-12-5-13(9-19)7-14(6-12)10-19/h2-4,12-14H,5-10H2,1H3,(H2,21,22,23,24). The van der Waals surface area contributed by atoms with Crippen LogP contribution in [0.5, 0.6) is 0 Å². The van der Waals surface area contributed by atoms with Gasteiger partial charge >= 0.3 is 0 Å². The SMILES string of the molecule is Cc1cc(Br)ccc1NC(=S)NC(=O)C12CC3CC(CC(C3)C1)C2. The van der Waals surface area contributed by atoms with Crippen LogP contribution in [0.3, 0.4) is 0 Å². The van der Waals surface area contributed by atoms with E-state index in [0.717, 1.165) is 52.7 Å². The van der Waals surface area contributed by atoms with Crippen LogP contribution in [0.1, 0.15) is 44.1 Å². The van der Waals surface area contributed by atoms with Gasteiger partial charge in [-0.25, -0.2) is 0 Å². The van der Waals surface area contributed by atoms with Crippen molar-refractivity contribution in [3.8, 4) is 0 Å². The highest BCUT2D eigenvalue weighted by atomic mass is 79.9. The number of thiocarbonyl (C=S) groups is 1. The molecule has 128 valence electrons. The maximum Gasteiger partial charge on any atom is 0.232 e. The number of amides is 1. The Bertz CT molecular complexity index is 667. The lowest BCUT2D eigenvalue weighted by molar-refractivity contribution is -0.144. The molecule has 4 fully saturated rings. The Morgan fingerprint density at radius 3 is 2.29 bits per heavy atom. The smallest absolute Gasteiger partial charge is 0.232 e. The minimum absolute atomic E-state index is 0.147. The average Bonchev–Trinajstić information content (AvgIpc) is 2.48. The molecule has 4 aliphatic rings. The highest BCUT2D eigenvalue weighted by Gasteiger charge is 2.54. The first-order chi connectivity index (χ1) is 11.4. The van der Waals surface area contributed by atoms with Crippen LogP contribution >= 0.6 is 28.1 Å². The highest BCUT2D eigenvalue weighted by molar-refractivity contribution is 9.10. The Kier molecular flexibility index (Phi) is 4.20. The van der Waals surface area contributed by atoms with Gasteiger partial charge in [-0.05, 0) is 99.2 Å². The van der Waals surface area contributed by atoms with Crippen molar-refractivity contribution in [3.63, 3.8) is 0 Å². The third-order valence-electron chi connectivity index (χ3n) is 6.18. The summed E-state index contributed by atoms with van der Waals surface area (Å²) in [5.41, 5.74) is 1.87. The number of rotatable bonds is 2. The highest BCUT2D eigenvalue weighted by Crippen LogP contribution is 2.60. The van der Waals surface area contributed by atoms with E-state index in [0.29, 0.717) is 5.11 Å². The number of hydrogen-bond acceptors (Lipinski definition) is 2. The van der Waals surface area contributed by atoms with Crippen LogP contribution in [0.15, 0.2) is 22.7 Å². The van der Waals surface area contributed by atoms with Crippen LogP contribution in [0.4, 0.5) is 5.69 Å². The van der Waals surface area contributed by atoms with Gasteiger partial charge in [0, 0.05) is 10.2 Å². The zero-order valence-electron chi connectivity index (χ0n) is 13.9. The minimum atomic E-state index is -0.157. The number of halogens is 1. The zero-order chi connectivity index (χ0) is 16.9. The molecule has 4 bridgehead atoms. The van der Waals surface area contributed by atoms with Gasteiger partial charge in [0.05, 0.1) is 5.41 Å². The van der Waals surface area contributed by atoms with Crippen LogP contribution in [0.25, 0.3) is 0 Å². The van der Waals surface area contributed by atoms with E-state index in [1.165, 1.54) is 19.3 Å². The Balaban J connectivity index is 1.43. The molecule has 1 amide bonds.